The molecule has 1 rings (SSSR count). The molecule has 98 valence electrons. The molecule has 0 saturated heterocycles. The maximum absolute atomic E-state index is 12.0. The number of nitrogens with zero attached hydrogens (tertiary/aromatic N) is 2. The molecule has 1 aromatic rings. The first kappa shape index (κ1) is 14.6. The third-order valence-corrected chi connectivity index (χ3v) is 2.90. The second-order valence-electron chi connectivity index (χ2n) is 3.62. The molecular weight excluding hydrogens is 300 g/mol. The molecule has 0 radical (unpaired) electrons. The Balaban J connectivity index is 2.57. The Morgan fingerprint density at radius 1 is 1.50 bits per heavy atom. The third kappa shape index (κ3) is 4.10. The van der Waals surface area contributed by atoms with Crippen molar-refractivity contribution in [2.24, 2.45) is 0 Å². The molecule has 0 aliphatic heterocycles. The number of rotatable bonds is 5. The van der Waals surface area contributed by atoms with E-state index in [2.05, 4.69) is 20.9 Å². The first-order valence-electron chi connectivity index (χ1n) is 5.57. The summed E-state index contributed by atoms with van der Waals surface area (Å²) >= 11 is 3.27. The van der Waals surface area contributed by atoms with E-state index in [1.165, 1.54) is 4.90 Å². The van der Waals surface area contributed by atoms with Gasteiger partial charge < -0.3 is 9.64 Å². The van der Waals surface area contributed by atoms with Gasteiger partial charge in [-0.2, -0.15) is 0 Å². The summed E-state index contributed by atoms with van der Waals surface area (Å²) in [5, 5.41) is 0. The first-order valence-corrected chi connectivity index (χ1v) is 6.37. The van der Waals surface area contributed by atoms with Crippen molar-refractivity contribution in [1.29, 1.82) is 0 Å². The largest absolute Gasteiger partial charge is 0.466 e. The van der Waals surface area contributed by atoms with Crippen molar-refractivity contribution >= 4 is 27.8 Å². The van der Waals surface area contributed by atoms with Crippen LogP contribution in [-0.4, -0.2) is 42.0 Å². The molecule has 0 fully saturated rings. The zero-order valence-electron chi connectivity index (χ0n) is 10.4. The second kappa shape index (κ2) is 7.10. The van der Waals surface area contributed by atoms with E-state index in [-0.39, 0.29) is 18.3 Å². The second-order valence-corrected chi connectivity index (χ2v) is 4.47. The van der Waals surface area contributed by atoms with Crippen LogP contribution in [0, 0.1) is 0 Å². The highest BCUT2D eigenvalue weighted by Gasteiger charge is 2.16. The molecule has 1 amide bonds. The molecule has 0 bridgehead atoms. The van der Waals surface area contributed by atoms with Crippen molar-refractivity contribution in [1.82, 2.24) is 9.88 Å². The predicted molar refractivity (Wildman–Crippen MR) is 70.1 cm³/mol. The van der Waals surface area contributed by atoms with Gasteiger partial charge in [-0.15, -0.1) is 0 Å². The average Bonchev–Trinajstić information content (AvgIpc) is 2.36. The highest BCUT2D eigenvalue weighted by Crippen LogP contribution is 2.14. The van der Waals surface area contributed by atoms with Gasteiger partial charge in [-0.3, -0.25) is 9.59 Å². The fraction of sp³-hybridized carbons (Fsp3) is 0.417. The number of esters is 1. The molecule has 0 N–H and O–H groups in total. The van der Waals surface area contributed by atoms with E-state index in [1.54, 1.807) is 32.3 Å². The molecule has 0 aliphatic rings. The Morgan fingerprint density at radius 2 is 2.22 bits per heavy atom. The minimum absolute atomic E-state index is 0.181. The average molecular weight is 315 g/mol. The smallest absolute Gasteiger partial charge is 0.307 e. The molecule has 0 saturated carbocycles. The van der Waals surface area contributed by atoms with Gasteiger partial charge in [-0.25, -0.2) is 4.98 Å². The molecular formula is C12H15BrN2O3. The Kier molecular flexibility index (Phi) is 5.77. The monoisotopic (exact) mass is 314 g/mol. The van der Waals surface area contributed by atoms with Gasteiger partial charge in [0, 0.05) is 24.3 Å². The zero-order chi connectivity index (χ0) is 13.5. The number of halogens is 1. The number of aromatic nitrogens is 1. The zero-order valence-corrected chi connectivity index (χ0v) is 11.9. The van der Waals surface area contributed by atoms with Crippen molar-refractivity contribution in [2.75, 3.05) is 20.2 Å². The van der Waals surface area contributed by atoms with E-state index in [9.17, 15) is 9.59 Å². The van der Waals surface area contributed by atoms with Crippen LogP contribution in [0.3, 0.4) is 0 Å². The van der Waals surface area contributed by atoms with Gasteiger partial charge in [-0.05, 0) is 35.0 Å². The van der Waals surface area contributed by atoms with Gasteiger partial charge in [-0.1, -0.05) is 0 Å². The van der Waals surface area contributed by atoms with E-state index < -0.39 is 0 Å². The van der Waals surface area contributed by atoms with Crippen LogP contribution in [0.5, 0.6) is 0 Å². The Bertz CT molecular complexity index is 437. The Morgan fingerprint density at radius 3 is 2.83 bits per heavy atom. The van der Waals surface area contributed by atoms with Crippen molar-refractivity contribution in [3.63, 3.8) is 0 Å². The summed E-state index contributed by atoms with van der Waals surface area (Å²) in [5.41, 5.74) is 0.337. The summed E-state index contributed by atoms with van der Waals surface area (Å²) in [6.07, 6.45) is 1.73. The summed E-state index contributed by atoms with van der Waals surface area (Å²) in [6.45, 7) is 2.40. The van der Waals surface area contributed by atoms with Crippen LogP contribution in [0.25, 0.3) is 0 Å². The third-order valence-electron chi connectivity index (χ3n) is 2.26. The normalized spacial score (nSPS) is 9.94. The number of amides is 1. The van der Waals surface area contributed by atoms with Crippen LogP contribution in [0.15, 0.2) is 22.8 Å². The molecule has 0 unspecified atom stereocenters. The number of hydrogen-bond donors (Lipinski definition) is 0. The number of carbonyl (C=O) groups is 2. The fourth-order valence-electron chi connectivity index (χ4n) is 1.32. The van der Waals surface area contributed by atoms with Gasteiger partial charge >= 0.3 is 5.97 Å². The Hall–Kier alpha value is -1.43. The summed E-state index contributed by atoms with van der Waals surface area (Å²) in [5.74, 6) is -0.538. The minimum Gasteiger partial charge on any atom is -0.466 e. The highest BCUT2D eigenvalue weighted by molar-refractivity contribution is 9.10. The molecule has 0 aromatic carbocycles. The molecule has 1 aromatic heterocycles. The van der Waals surface area contributed by atoms with E-state index in [4.69, 9.17) is 4.74 Å². The van der Waals surface area contributed by atoms with Crippen LogP contribution in [0.2, 0.25) is 0 Å². The van der Waals surface area contributed by atoms with Crippen molar-refractivity contribution in [2.45, 2.75) is 13.3 Å². The van der Waals surface area contributed by atoms with E-state index >= 15 is 0 Å². The lowest BCUT2D eigenvalue weighted by Crippen LogP contribution is -2.30. The molecule has 18 heavy (non-hydrogen) atoms. The first-order chi connectivity index (χ1) is 8.56. The standard InChI is InChI=1S/C12H15BrN2O3/c1-3-18-10(16)6-8-15(2)12(17)11-9(13)5-4-7-14-11/h4-5,7H,3,6,8H2,1-2H3. The predicted octanol–water partition coefficient (Wildman–Crippen LogP) is 1.87. The van der Waals surface area contributed by atoms with E-state index in [0.717, 1.165) is 0 Å². The van der Waals surface area contributed by atoms with E-state index in [0.29, 0.717) is 23.3 Å². The molecule has 0 aliphatic carbocycles. The van der Waals surface area contributed by atoms with Crippen LogP contribution in [0.1, 0.15) is 23.8 Å². The van der Waals surface area contributed by atoms with Gasteiger partial charge in [0.1, 0.15) is 5.69 Å². The minimum atomic E-state index is -0.308. The number of ether oxygens (including phenoxy) is 1. The summed E-state index contributed by atoms with van der Waals surface area (Å²) in [7, 11) is 1.63. The molecule has 5 nitrogen and oxygen atoms in total. The highest BCUT2D eigenvalue weighted by atomic mass is 79.9. The summed E-state index contributed by atoms with van der Waals surface area (Å²) in [6, 6.07) is 3.49. The molecule has 0 atom stereocenters. The van der Waals surface area contributed by atoms with Crippen molar-refractivity contribution in [3.8, 4) is 0 Å². The van der Waals surface area contributed by atoms with Crippen LogP contribution in [-0.2, 0) is 9.53 Å². The maximum Gasteiger partial charge on any atom is 0.307 e. The molecule has 1 heterocycles. The van der Waals surface area contributed by atoms with Crippen molar-refractivity contribution < 1.29 is 14.3 Å². The van der Waals surface area contributed by atoms with Gasteiger partial charge in [0.15, 0.2) is 0 Å². The molecule has 6 heteroatoms. The molecule has 0 spiro atoms. The van der Waals surface area contributed by atoms with Gasteiger partial charge in [0.05, 0.1) is 13.0 Å². The lowest BCUT2D eigenvalue weighted by atomic mass is 10.3. The Labute approximate surface area is 114 Å². The van der Waals surface area contributed by atoms with Crippen LogP contribution < -0.4 is 0 Å². The number of pyridine rings is 1. The number of hydrogen-bond acceptors (Lipinski definition) is 4. The fourth-order valence-corrected chi connectivity index (χ4v) is 1.74. The SMILES string of the molecule is CCOC(=O)CCN(C)C(=O)c1ncccc1Br. The number of carbonyl (C=O) groups excluding carboxylic acids is 2. The van der Waals surface area contributed by atoms with E-state index in [1.807, 2.05) is 0 Å². The van der Waals surface area contributed by atoms with Crippen LogP contribution >= 0.6 is 15.9 Å². The summed E-state index contributed by atoms with van der Waals surface area (Å²) in [4.78, 5) is 28.7. The van der Waals surface area contributed by atoms with Gasteiger partial charge in [0.2, 0.25) is 0 Å². The quantitative estimate of drug-likeness (QED) is 0.778. The van der Waals surface area contributed by atoms with Gasteiger partial charge in [0.25, 0.3) is 5.91 Å². The lowest BCUT2D eigenvalue weighted by molar-refractivity contribution is -0.143. The lowest BCUT2D eigenvalue weighted by Gasteiger charge is -2.16. The van der Waals surface area contributed by atoms with Crippen molar-refractivity contribution in [3.05, 3.63) is 28.5 Å². The summed E-state index contributed by atoms with van der Waals surface area (Å²) < 4.78 is 5.44. The van der Waals surface area contributed by atoms with Crippen LogP contribution in [0.4, 0.5) is 0 Å². The topological polar surface area (TPSA) is 59.5 Å². The maximum atomic E-state index is 12.0.